The van der Waals surface area contributed by atoms with Crippen molar-refractivity contribution in [2.24, 2.45) is 11.7 Å². The van der Waals surface area contributed by atoms with Crippen molar-refractivity contribution in [2.45, 2.75) is 44.1 Å². The second-order valence-corrected chi connectivity index (χ2v) is 5.07. The fraction of sp³-hybridized carbons (Fsp3) is 0.917. The Kier molecular flexibility index (Phi) is 3.82. The Hall–Kier alpha value is -0.610. The van der Waals surface area contributed by atoms with Gasteiger partial charge in [0.25, 0.3) is 0 Å². The van der Waals surface area contributed by atoms with Gasteiger partial charge >= 0.3 is 0 Å². The lowest BCUT2D eigenvalue weighted by Crippen LogP contribution is -2.57. The number of nitrogens with one attached hydrogen (secondary N) is 1. The Balaban J connectivity index is 1.91. The molecule has 16 heavy (non-hydrogen) atoms. The highest BCUT2D eigenvalue weighted by molar-refractivity contribution is 5.79. The van der Waals surface area contributed by atoms with E-state index in [4.69, 9.17) is 10.5 Å². The standard InChI is InChI=1S/C12H22N2O2/c13-9-12(5-7-16-8-6-12)14-11(15)10-3-1-2-4-10/h10H,1-9,13H2,(H,14,15). The smallest absolute Gasteiger partial charge is 0.223 e. The molecule has 0 bridgehead atoms. The molecule has 1 heterocycles. The van der Waals surface area contributed by atoms with E-state index in [9.17, 15) is 4.79 Å². The zero-order chi connectivity index (χ0) is 11.4. The first-order chi connectivity index (χ1) is 7.76. The van der Waals surface area contributed by atoms with Crippen molar-refractivity contribution >= 4 is 5.91 Å². The molecule has 2 fully saturated rings. The molecule has 0 unspecified atom stereocenters. The molecule has 0 aromatic heterocycles. The van der Waals surface area contributed by atoms with Crippen molar-refractivity contribution in [3.8, 4) is 0 Å². The molecule has 1 saturated heterocycles. The van der Waals surface area contributed by atoms with E-state index in [1.165, 1.54) is 12.8 Å². The van der Waals surface area contributed by atoms with Crippen molar-refractivity contribution in [3.05, 3.63) is 0 Å². The first-order valence-electron chi connectivity index (χ1n) is 6.36. The summed E-state index contributed by atoms with van der Waals surface area (Å²) in [5.41, 5.74) is 5.62. The van der Waals surface area contributed by atoms with Crippen molar-refractivity contribution in [3.63, 3.8) is 0 Å². The fourth-order valence-electron chi connectivity index (χ4n) is 2.69. The maximum absolute atomic E-state index is 12.1. The highest BCUT2D eigenvalue weighted by Crippen LogP contribution is 2.27. The van der Waals surface area contributed by atoms with Crippen molar-refractivity contribution in [2.75, 3.05) is 19.8 Å². The van der Waals surface area contributed by atoms with Crippen LogP contribution in [0.1, 0.15) is 38.5 Å². The summed E-state index contributed by atoms with van der Waals surface area (Å²) in [6.45, 7) is 1.94. The minimum absolute atomic E-state index is 0.197. The van der Waals surface area contributed by atoms with E-state index in [2.05, 4.69) is 5.32 Å². The third-order valence-electron chi connectivity index (χ3n) is 3.95. The topological polar surface area (TPSA) is 64.3 Å². The lowest BCUT2D eigenvalue weighted by Gasteiger charge is -2.37. The van der Waals surface area contributed by atoms with Gasteiger partial charge < -0.3 is 15.8 Å². The van der Waals surface area contributed by atoms with Crippen molar-refractivity contribution < 1.29 is 9.53 Å². The van der Waals surface area contributed by atoms with E-state index >= 15 is 0 Å². The second-order valence-electron chi connectivity index (χ2n) is 5.07. The Morgan fingerprint density at radius 3 is 2.50 bits per heavy atom. The number of nitrogens with two attached hydrogens (primary N) is 1. The predicted molar refractivity (Wildman–Crippen MR) is 61.9 cm³/mol. The van der Waals surface area contributed by atoms with Crippen LogP contribution in [-0.4, -0.2) is 31.2 Å². The maximum Gasteiger partial charge on any atom is 0.223 e. The largest absolute Gasteiger partial charge is 0.381 e. The number of rotatable bonds is 3. The van der Waals surface area contributed by atoms with E-state index in [-0.39, 0.29) is 17.4 Å². The Morgan fingerprint density at radius 2 is 1.94 bits per heavy atom. The molecule has 92 valence electrons. The van der Waals surface area contributed by atoms with Crippen LogP contribution in [0.4, 0.5) is 0 Å². The van der Waals surface area contributed by atoms with E-state index in [1.54, 1.807) is 0 Å². The van der Waals surface area contributed by atoms with Crippen LogP contribution in [0.3, 0.4) is 0 Å². The third-order valence-corrected chi connectivity index (χ3v) is 3.95. The highest BCUT2D eigenvalue weighted by atomic mass is 16.5. The van der Waals surface area contributed by atoms with Gasteiger partial charge in [-0.05, 0) is 25.7 Å². The van der Waals surface area contributed by atoms with Crippen LogP contribution in [0.5, 0.6) is 0 Å². The average Bonchev–Trinajstić information content (AvgIpc) is 2.84. The van der Waals surface area contributed by atoms with Crippen molar-refractivity contribution in [1.82, 2.24) is 5.32 Å². The summed E-state index contributed by atoms with van der Waals surface area (Å²) in [6.07, 6.45) is 6.17. The van der Waals surface area contributed by atoms with Crippen LogP contribution in [-0.2, 0) is 9.53 Å². The average molecular weight is 226 g/mol. The quantitative estimate of drug-likeness (QED) is 0.748. The number of carbonyl (C=O) groups excluding carboxylic acids is 1. The molecule has 3 N–H and O–H groups in total. The van der Waals surface area contributed by atoms with Crippen LogP contribution in [0.2, 0.25) is 0 Å². The summed E-state index contributed by atoms with van der Waals surface area (Å²) < 4.78 is 5.33. The molecule has 0 radical (unpaired) electrons. The van der Waals surface area contributed by atoms with Gasteiger partial charge in [0.05, 0.1) is 5.54 Å². The van der Waals surface area contributed by atoms with Gasteiger partial charge in [-0.15, -0.1) is 0 Å². The first-order valence-corrected chi connectivity index (χ1v) is 6.36. The zero-order valence-electron chi connectivity index (χ0n) is 9.84. The molecular formula is C12H22N2O2. The van der Waals surface area contributed by atoms with Gasteiger partial charge in [0.1, 0.15) is 0 Å². The van der Waals surface area contributed by atoms with Crippen LogP contribution < -0.4 is 11.1 Å². The number of amides is 1. The molecule has 1 saturated carbocycles. The number of ether oxygens (including phenoxy) is 1. The molecule has 1 amide bonds. The predicted octanol–water partition coefficient (Wildman–Crippen LogP) is 0.801. The maximum atomic E-state index is 12.1. The Labute approximate surface area is 96.9 Å². The lowest BCUT2D eigenvalue weighted by atomic mass is 9.89. The lowest BCUT2D eigenvalue weighted by molar-refractivity contribution is -0.127. The van der Waals surface area contributed by atoms with Gasteiger partial charge in [-0.1, -0.05) is 12.8 Å². The summed E-state index contributed by atoms with van der Waals surface area (Å²) >= 11 is 0. The molecule has 2 aliphatic rings. The van der Waals surface area contributed by atoms with Crippen LogP contribution in [0.25, 0.3) is 0 Å². The van der Waals surface area contributed by atoms with Crippen LogP contribution in [0.15, 0.2) is 0 Å². The summed E-state index contributed by atoms with van der Waals surface area (Å²) in [6, 6.07) is 0. The molecular weight excluding hydrogens is 204 g/mol. The van der Waals surface area contributed by atoms with Crippen LogP contribution >= 0.6 is 0 Å². The minimum Gasteiger partial charge on any atom is -0.381 e. The van der Waals surface area contributed by atoms with Crippen LogP contribution in [0, 0.1) is 5.92 Å². The monoisotopic (exact) mass is 226 g/mol. The minimum atomic E-state index is -0.197. The zero-order valence-corrected chi connectivity index (χ0v) is 9.84. The molecule has 4 heteroatoms. The highest BCUT2D eigenvalue weighted by Gasteiger charge is 2.35. The number of carbonyl (C=O) groups is 1. The molecule has 4 nitrogen and oxygen atoms in total. The summed E-state index contributed by atoms with van der Waals surface area (Å²) in [4.78, 5) is 12.1. The van der Waals surface area contributed by atoms with Gasteiger partial charge in [-0.25, -0.2) is 0 Å². The van der Waals surface area contributed by atoms with Gasteiger partial charge in [-0.2, -0.15) is 0 Å². The molecule has 1 aliphatic heterocycles. The Bertz CT molecular complexity index is 243. The number of hydrogen-bond acceptors (Lipinski definition) is 3. The molecule has 0 aromatic rings. The van der Waals surface area contributed by atoms with Gasteiger partial charge in [0, 0.05) is 25.7 Å². The number of hydrogen-bond donors (Lipinski definition) is 2. The van der Waals surface area contributed by atoms with Gasteiger partial charge in [0.15, 0.2) is 0 Å². The molecule has 0 aromatic carbocycles. The summed E-state index contributed by atoms with van der Waals surface area (Å²) in [5, 5.41) is 3.18. The SMILES string of the molecule is NCC1(NC(=O)C2CCCC2)CCOCC1. The second kappa shape index (κ2) is 5.15. The van der Waals surface area contributed by atoms with Gasteiger partial charge in [-0.3, -0.25) is 4.79 Å². The molecule has 1 aliphatic carbocycles. The van der Waals surface area contributed by atoms with Gasteiger partial charge in [0.2, 0.25) is 5.91 Å². The Morgan fingerprint density at radius 1 is 1.31 bits per heavy atom. The molecule has 2 rings (SSSR count). The molecule has 0 atom stereocenters. The van der Waals surface area contributed by atoms with Crippen molar-refractivity contribution in [1.29, 1.82) is 0 Å². The van der Waals surface area contributed by atoms with E-state index in [0.29, 0.717) is 19.8 Å². The molecule has 0 spiro atoms. The first kappa shape index (κ1) is 11.9. The van der Waals surface area contributed by atoms with E-state index < -0.39 is 0 Å². The summed E-state index contributed by atoms with van der Waals surface area (Å²) in [5.74, 6) is 0.441. The van der Waals surface area contributed by atoms with E-state index in [0.717, 1.165) is 25.7 Å². The van der Waals surface area contributed by atoms with E-state index in [1.807, 2.05) is 0 Å². The normalized spacial score (nSPS) is 25.6. The fourth-order valence-corrected chi connectivity index (χ4v) is 2.69. The third kappa shape index (κ3) is 2.55. The summed E-state index contributed by atoms with van der Waals surface area (Å²) in [7, 11) is 0.